The van der Waals surface area contributed by atoms with Gasteiger partial charge >= 0.3 is 13.8 Å². The third-order valence-corrected chi connectivity index (χ3v) is 16.3. The summed E-state index contributed by atoms with van der Waals surface area (Å²) in [6, 6.07) is -0.848. The monoisotopic (exact) mass is 1130 g/mol. The van der Waals surface area contributed by atoms with Gasteiger partial charge in [0.25, 0.3) is 0 Å². The first-order valence-electron chi connectivity index (χ1n) is 34.0. The largest absolute Gasteiger partial charge is 0.472 e. The van der Waals surface area contributed by atoms with E-state index >= 15 is 0 Å². The molecule has 0 radical (unpaired) electrons. The Morgan fingerprint density at radius 3 is 1.18 bits per heavy atom. The summed E-state index contributed by atoms with van der Waals surface area (Å²) in [5.74, 6) is -0.495. The molecular formula is C69H132N2O7P+. The van der Waals surface area contributed by atoms with Crippen molar-refractivity contribution in [3.05, 3.63) is 48.6 Å². The lowest BCUT2D eigenvalue weighted by Gasteiger charge is -2.27. The Hall–Kier alpha value is -2.03. The molecule has 0 fully saturated rings. The van der Waals surface area contributed by atoms with Gasteiger partial charge in [-0.1, -0.05) is 294 Å². The molecule has 0 saturated heterocycles. The highest BCUT2D eigenvalue weighted by molar-refractivity contribution is 7.47. The van der Waals surface area contributed by atoms with Crippen LogP contribution in [0.25, 0.3) is 0 Å². The Labute approximate surface area is 490 Å². The molecule has 2 N–H and O–H groups in total. The molecule has 0 spiro atoms. The number of hydrogen-bond donors (Lipinski definition) is 2. The van der Waals surface area contributed by atoms with Crippen LogP contribution >= 0.6 is 7.82 Å². The number of allylic oxidation sites excluding steroid dienone is 7. The number of ether oxygens (including phenoxy) is 1. The quantitative estimate of drug-likeness (QED) is 0.0205. The summed E-state index contributed by atoms with van der Waals surface area (Å²) in [6.07, 6.45) is 74.0. The average Bonchev–Trinajstić information content (AvgIpc) is 3.41. The van der Waals surface area contributed by atoms with E-state index in [0.717, 1.165) is 70.6 Å². The lowest BCUT2D eigenvalue weighted by molar-refractivity contribution is -0.870. The maximum atomic E-state index is 13.6. The van der Waals surface area contributed by atoms with Gasteiger partial charge in [-0.25, -0.2) is 4.57 Å². The van der Waals surface area contributed by atoms with E-state index in [9.17, 15) is 19.0 Å². The van der Waals surface area contributed by atoms with Crippen molar-refractivity contribution in [1.29, 1.82) is 0 Å². The van der Waals surface area contributed by atoms with Gasteiger partial charge < -0.3 is 19.4 Å². The number of nitrogens with one attached hydrogen (secondary N) is 1. The fourth-order valence-electron chi connectivity index (χ4n) is 10.0. The van der Waals surface area contributed by atoms with Gasteiger partial charge in [-0.2, -0.15) is 0 Å². The van der Waals surface area contributed by atoms with Crippen molar-refractivity contribution in [1.82, 2.24) is 5.32 Å². The smallest absolute Gasteiger partial charge is 0.456 e. The third kappa shape index (κ3) is 60.4. The summed E-state index contributed by atoms with van der Waals surface area (Å²) >= 11 is 0. The van der Waals surface area contributed by atoms with Gasteiger partial charge in [0, 0.05) is 12.8 Å². The Morgan fingerprint density at radius 1 is 0.443 bits per heavy atom. The molecule has 0 bridgehead atoms. The van der Waals surface area contributed by atoms with Crippen LogP contribution in [0.2, 0.25) is 0 Å². The first-order valence-corrected chi connectivity index (χ1v) is 35.5. The number of likely N-dealkylation sites (N-methyl/N-ethyl adjacent to an activating group) is 1. The number of hydrogen-bond acceptors (Lipinski definition) is 6. The lowest BCUT2D eigenvalue weighted by atomic mass is 10.0. The molecule has 0 aromatic carbocycles. The van der Waals surface area contributed by atoms with E-state index in [2.05, 4.69) is 62.5 Å². The molecule has 0 heterocycles. The Kier molecular flexibility index (Phi) is 57.6. The van der Waals surface area contributed by atoms with Crippen LogP contribution in [-0.2, 0) is 27.9 Å². The molecule has 0 aliphatic carbocycles. The molecule has 10 heteroatoms. The molecule has 1 amide bonds. The van der Waals surface area contributed by atoms with Gasteiger partial charge in [0.1, 0.15) is 19.3 Å². The first-order chi connectivity index (χ1) is 38.4. The van der Waals surface area contributed by atoms with Gasteiger partial charge in [-0.3, -0.25) is 18.6 Å². The van der Waals surface area contributed by atoms with Crippen LogP contribution in [0.15, 0.2) is 48.6 Å². The molecule has 0 aromatic rings. The van der Waals surface area contributed by atoms with Gasteiger partial charge in [0.15, 0.2) is 0 Å². The van der Waals surface area contributed by atoms with Crippen molar-refractivity contribution in [2.45, 2.75) is 341 Å². The topological polar surface area (TPSA) is 111 Å². The third-order valence-electron chi connectivity index (χ3n) is 15.3. The van der Waals surface area contributed by atoms with Crippen molar-refractivity contribution in [3.63, 3.8) is 0 Å². The fourth-order valence-corrected chi connectivity index (χ4v) is 10.7. The maximum absolute atomic E-state index is 13.6. The lowest BCUT2D eigenvalue weighted by Crippen LogP contribution is -2.47. The Morgan fingerprint density at radius 2 is 0.772 bits per heavy atom. The number of phosphoric acid groups is 1. The van der Waals surface area contributed by atoms with Crippen molar-refractivity contribution in [3.8, 4) is 0 Å². The maximum Gasteiger partial charge on any atom is 0.472 e. The van der Waals surface area contributed by atoms with E-state index in [4.69, 9.17) is 13.8 Å². The molecule has 0 aromatic heterocycles. The summed E-state index contributed by atoms with van der Waals surface area (Å²) < 4.78 is 30.8. The zero-order valence-corrected chi connectivity index (χ0v) is 54.0. The zero-order chi connectivity index (χ0) is 57.9. The van der Waals surface area contributed by atoms with E-state index in [1.54, 1.807) is 0 Å². The summed E-state index contributed by atoms with van der Waals surface area (Å²) in [7, 11) is 1.50. The van der Waals surface area contributed by atoms with Crippen molar-refractivity contribution in [2.24, 2.45) is 0 Å². The number of phosphoric ester groups is 1. The van der Waals surface area contributed by atoms with Crippen LogP contribution in [0.4, 0.5) is 0 Å². The van der Waals surface area contributed by atoms with Crippen molar-refractivity contribution >= 4 is 19.7 Å². The SMILES string of the molecule is CCCCC/C=C\C/C=C\C/C=C\CCCCCCCCCCCCC(=O)NC(COP(=O)(O)OCC[N+](C)(C)C)C(/C=C/CCCCCCCCCCC)OC(=O)CCCCCCCCCCCCCCCCCCCCC. The van der Waals surface area contributed by atoms with Crippen molar-refractivity contribution < 1.29 is 37.3 Å². The molecule has 0 aliphatic rings. The fraction of sp³-hybridized carbons (Fsp3) is 0.855. The average molecular weight is 1130 g/mol. The van der Waals surface area contributed by atoms with Crippen LogP contribution in [0.5, 0.6) is 0 Å². The second kappa shape index (κ2) is 59.1. The van der Waals surface area contributed by atoms with Crippen LogP contribution in [-0.4, -0.2) is 74.3 Å². The minimum absolute atomic E-state index is 0.0408. The minimum Gasteiger partial charge on any atom is -0.456 e. The van der Waals surface area contributed by atoms with E-state index in [1.165, 1.54) is 225 Å². The molecule has 3 atom stereocenters. The first kappa shape index (κ1) is 77.0. The molecule has 0 rings (SSSR count). The van der Waals surface area contributed by atoms with Crippen LogP contribution in [0.3, 0.4) is 0 Å². The van der Waals surface area contributed by atoms with Crippen molar-refractivity contribution in [2.75, 3.05) is 40.9 Å². The van der Waals surface area contributed by atoms with E-state index in [0.29, 0.717) is 23.9 Å². The summed E-state index contributed by atoms with van der Waals surface area (Å²) in [5.41, 5.74) is 0. The van der Waals surface area contributed by atoms with Gasteiger partial charge in [-0.05, 0) is 70.3 Å². The highest BCUT2D eigenvalue weighted by Gasteiger charge is 2.30. The number of rotatable bonds is 62. The number of quaternary nitrogens is 1. The molecular weight excluding hydrogens is 1000 g/mol. The Bertz CT molecular complexity index is 1490. The molecule has 0 saturated carbocycles. The standard InChI is InChI=1S/C69H131N2O7P/c1-7-10-13-16-19-22-25-27-29-31-33-34-35-36-38-39-41-43-46-49-52-55-58-61-68(72)70-66(65-77-79(74,75)76-64-63-71(4,5)6)67(60-57-54-51-48-45-24-21-18-15-12-9-3)78-69(73)62-59-56-53-50-47-44-42-40-37-32-30-28-26-23-20-17-14-11-8-2/h19,22,27,29,33-34,57,60,66-67H,7-18,20-21,23-26,28,30-32,35-56,58-59,61-65H2,1-6H3,(H-,70,72,74,75)/p+1/b22-19-,29-27-,34-33-,60-57+. The number of nitrogens with zero attached hydrogens (tertiary/aromatic N) is 1. The van der Waals surface area contributed by atoms with Gasteiger partial charge in [-0.15, -0.1) is 0 Å². The molecule has 79 heavy (non-hydrogen) atoms. The number of esters is 1. The highest BCUT2D eigenvalue weighted by Crippen LogP contribution is 2.43. The summed E-state index contributed by atoms with van der Waals surface area (Å²) in [6.45, 7) is 7.02. The van der Waals surface area contributed by atoms with Crippen LogP contribution in [0, 0.1) is 0 Å². The van der Waals surface area contributed by atoms with Gasteiger partial charge in [0.2, 0.25) is 5.91 Å². The number of carbonyl (C=O) groups is 2. The predicted octanol–water partition coefficient (Wildman–Crippen LogP) is 21.2. The highest BCUT2D eigenvalue weighted by atomic mass is 31.2. The Balaban J connectivity index is 5.08. The number of amides is 1. The molecule has 9 nitrogen and oxygen atoms in total. The van der Waals surface area contributed by atoms with Crippen LogP contribution < -0.4 is 5.32 Å². The summed E-state index contributed by atoms with van der Waals surface area (Å²) in [4.78, 5) is 37.8. The second-order valence-electron chi connectivity index (χ2n) is 24.4. The summed E-state index contributed by atoms with van der Waals surface area (Å²) in [5, 5.41) is 3.07. The van der Waals surface area contributed by atoms with E-state index in [1.807, 2.05) is 33.3 Å². The van der Waals surface area contributed by atoms with E-state index in [-0.39, 0.29) is 25.1 Å². The predicted molar refractivity (Wildman–Crippen MR) is 342 cm³/mol. The molecule has 3 unspecified atom stereocenters. The molecule has 464 valence electrons. The molecule has 0 aliphatic heterocycles. The normalized spacial score (nSPS) is 13.9. The second-order valence-corrected chi connectivity index (χ2v) is 25.8. The zero-order valence-electron chi connectivity index (χ0n) is 53.1. The number of carbonyl (C=O) groups excluding carboxylic acids is 2. The minimum atomic E-state index is -4.45. The van der Waals surface area contributed by atoms with Gasteiger partial charge in [0.05, 0.1) is 33.8 Å². The van der Waals surface area contributed by atoms with E-state index < -0.39 is 20.0 Å². The van der Waals surface area contributed by atoms with Crippen LogP contribution in [0.1, 0.15) is 329 Å². The number of unbranched alkanes of at least 4 members (excludes halogenated alkanes) is 40.